The molecule has 4 rings (SSSR count). The van der Waals surface area contributed by atoms with Crippen molar-refractivity contribution in [2.75, 3.05) is 37.3 Å². The number of fused-ring (bicyclic) bond motifs is 1. The van der Waals surface area contributed by atoms with Crippen LogP contribution in [0.15, 0.2) is 12.1 Å². The molecule has 2 aliphatic rings. The van der Waals surface area contributed by atoms with Crippen molar-refractivity contribution in [3.63, 3.8) is 0 Å². The van der Waals surface area contributed by atoms with Crippen LogP contribution in [0.25, 0.3) is 5.65 Å². The molecule has 0 atom stereocenters. The van der Waals surface area contributed by atoms with E-state index < -0.39 is 10.0 Å². The first kappa shape index (κ1) is 13.9. The van der Waals surface area contributed by atoms with Gasteiger partial charge in [0.1, 0.15) is 5.82 Å². The Hall–Kier alpha value is -1.74. The number of hydrogen-bond donors (Lipinski definition) is 0. The summed E-state index contributed by atoms with van der Waals surface area (Å²) in [7, 11) is -3.11. The highest BCUT2D eigenvalue weighted by atomic mass is 32.2. The molecule has 1 saturated carbocycles. The third-order valence-electron chi connectivity index (χ3n) is 4.25. The zero-order valence-corrected chi connectivity index (χ0v) is 13.2. The van der Waals surface area contributed by atoms with Crippen molar-refractivity contribution in [3.8, 4) is 0 Å². The Bertz CT molecular complexity index is 805. The Morgan fingerprint density at radius 1 is 1.09 bits per heavy atom. The number of aromatic nitrogens is 4. The smallest absolute Gasteiger partial charge is 0.211 e. The number of rotatable bonds is 3. The van der Waals surface area contributed by atoms with Gasteiger partial charge < -0.3 is 4.90 Å². The Balaban J connectivity index is 1.58. The molecule has 3 heterocycles. The monoisotopic (exact) mass is 322 g/mol. The largest absolute Gasteiger partial charge is 0.353 e. The van der Waals surface area contributed by atoms with Gasteiger partial charge in [0.05, 0.1) is 6.26 Å². The molecule has 0 spiro atoms. The van der Waals surface area contributed by atoms with Gasteiger partial charge in [-0.3, -0.25) is 0 Å². The zero-order valence-electron chi connectivity index (χ0n) is 12.4. The van der Waals surface area contributed by atoms with Crippen molar-refractivity contribution < 1.29 is 8.42 Å². The van der Waals surface area contributed by atoms with Crippen molar-refractivity contribution in [1.29, 1.82) is 0 Å². The highest BCUT2D eigenvalue weighted by Gasteiger charge is 2.30. The molecule has 1 aliphatic carbocycles. The van der Waals surface area contributed by atoms with Crippen LogP contribution in [-0.4, -0.2) is 65.0 Å². The zero-order chi connectivity index (χ0) is 15.3. The minimum absolute atomic E-state index is 0.486. The maximum absolute atomic E-state index is 11.6. The molecule has 1 aliphatic heterocycles. The fourth-order valence-electron chi connectivity index (χ4n) is 2.81. The van der Waals surface area contributed by atoms with Gasteiger partial charge in [0.2, 0.25) is 10.0 Å². The average Bonchev–Trinajstić information content (AvgIpc) is 3.26. The molecule has 0 radical (unpaired) electrons. The number of anilines is 1. The highest BCUT2D eigenvalue weighted by molar-refractivity contribution is 7.88. The summed E-state index contributed by atoms with van der Waals surface area (Å²) in [6.07, 6.45) is 3.56. The number of piperazine rings is 1. The first-order chi connectivity index (χ1) is 10.5. The number of sulfonamides is 1. The summed E-state index contributed by atoms with van der Waals surface area (Å²) in [5.41, 5.74) is 0.764. The minimum Gasteiger partial charge on any atom is -0.353 e. The summed E-state index contributed by atoms with van der Waals surface area (Å²) in [5, 5.41) is 13.0. The molecule has 0 unspecified atom stereocenters. The van der Waals surface area contributed by atoms with Gasteiger partial charge in [0, 0.05) is 32.1 Å². The summed E-state index contributed by atoms with van der Waals surface area (Å²) >= 11 is 0. The standard InChI is InChI=1S/C13H18N6O2S/c1-22(20,21)18-8-6-17(7-9-18)12-5-4-11-14-15-13(10-2-3-10)19(11)16-12/h4-5,10H,2-3,6-9H2,1H3. The maximum atomic E-state index is 11.6. The molecule has 0 amide bonds. The van der Waals surface area contributed by atoms with Crippen LogP contribution >= 0.6 is 0 Å². The topological polar surface area (TPSA) is 83.7 Å². The second kappa shape index (κ2) is 4.88. The average molecular weight is 322 g/mol. The first-order valence-corrected chi connectivity index (χ1v) is 9.29. The van der Waals surface area contributed by atoms with E-state index in [1.165, 1.54) is 10.6 Å². The predicted molar refractivity (Wildman–Crippen MR) is 81.4 cm³/mol. The molecular formula is C13H18N6O2S. The molecule has 2 aromatic rings. The molecule has 0 bridgehead atoms. The van der Waals surface area contributed by atoms with Crippen LogP contribution < -0.4 is 4.90 Å². The fraction of sp³-hybridized carbons (Fsp3) is 0.615. The SMILES string of the molecule is CS(=O)(=O)N1CCN(c2ccc3nnc(C4CC4)n3n2)CC1. The third kappa shape index (κ3) is 2.44. The summed E-state index contributed by atoms with van der Waals surface area (Å²) in [6.45, 7) is 2.28. The van der Waals surface area contributed by atoms with Gasteiger partial charge in [0.15, 0.2) is 11.5 Å². The lowest BCUT2D eigenvalue weighted by Crippen LogP contribution is -2.48. The van der Waals surface area contributed by atoms with Crippen molar-refractivity contribution in [1.82, 2.24) is 24.1 Å². The molecule has 118 valence electrons. The van der Waals surface area contributed by atoms with E-state index >= 15 is 0 Å². The molecule has 1 saturated heterocycles. The Morgan fingerprint density at radius 3 is 2.45 bits per heavy atom. The molecule has 0 N–H and O–H groups in total. The van der Waals surface area contributed by atoms with Gasteiger partial charge in [-0.05, 0) is 25.0 Å². The van der Waals surface area contributed by atoms with E-state index in [2.05, 4.69) is 20.2 Å². The van der Waals surface area contributed by atoms with Gasteiger partial charge in [-0.15, -0.1) is 15.3 Å². The maximum Gasteiger partial charge on any atom is 0.211 e. The lowest BCUT2D eigenvalue weighted by molar-refractivity contribution is 0.386. The van der Waals surface area contributed by atoms with Gasteiger partial charge in [-0.2, -0.15) is 8.82 Å². The van der Waals surface area contributed by atoms with E-state index in [0.717, 1.165) is 30.1 Å². The van der Waals surface area contributed by atoms with Crippen LogP contribution in [0.3, 0.4) is 0 Å². The van der Waals surface area contributed by atoms with E-state index in [4.69, 9.17) is 0 Å². The van der Waals surface area contributed by atoms with E-state index in [1.807, 2.05) is 16.6 Å². The molecule has 8 nitrogen and oxygen atoms in total. The summed E-state index contributed by atoms with van der Waals surface area (Å²) in [4.78, 5) is 2.11. The fourth-order valence-corrected chi connectivity index (χ4v) is 3.64. The van der Waals surface area contributed by atoms with Gasteiger partial charge >= 0.3 is 0 Å². The van der Waals surface area contributed by atoms with E-state index in [0.29, 0.717) is 32.1 Å². The second-order valence-corrected chi connectivity index (χ2v) is 7.93. The minimum atomic E-state index is -3.11. The Labute approximate surface area is 128 Å². The third-order valence-corrected chi connectivity index (χ3v) is 5.55. The van der Waals surface area contributed by atoms with Gasteiger partial charge in [-0.25, -0.2) is 8.42 Å². The molecule has 0 aromatic carbocycles. The summed E-state index contributed by atoms with van der Waals surface area (Å²) in [5.74, 6) is 2.27. The number of hydrogen-bond acceptors (Lipinski definition) is 6. The van der Waals surface area contributed by atoms with Crippen molar-refractivity contribution in [2.45, 2.75) is 18.8 Å². The van der Waals surface area contributed by atoms with E-state index in [-0.39, 0.29) is 0 Å². The van der Waals surface area contributed by atoms with Crippen molar-refractivity contribution in [2.24, 2.45) is 0 Å². The van der Waals surface area contributed by atoms with Gasteiger partial charge in [0.25, 0.3) is 0 Å². The molecule has 2 aromatic heterocycles. The van der Waals surface area contributed by atoms with Crippen molar-refractivity contribution >= 4 is 21.5 Å². The van der Waals surface area contributed by atoms with Crippen LogP contribution in [0.2, 0.25) is 0 Å². The molecular weight excluding hydrogens is 304 g/mol. The van der Waals surface area contributed by atoms with Gasteiger partial charge in [-0.1, -0.05) is 0 Å². The lowest BCUT2D eigenvalue weighted by Gasteiger charge is -2.33. The van der Waals surface area contributed by atoms with Crippen LogP contribution in [-0.2, 0) is 10.0 Å². The van der Waals surface area contributed by atoms with Crippen LogP contribution in [0, 0.1) is 0 Å². The summed E-state index contributed by atoms with van der Waals surface area (Å²) in [6, 6.07) is 3.85. The molecule has 9 heteroatoms. The number of nitrogens with zero attached hydrogens (tertiary/aromatic N) is 6. The van der Waals surface area contributed by atoms with Crippen LogP contribution in [0.1, 0.15) is 24.6 Å². The lowest BCUT2D eigenvalue weighted by atomic mass is 10.3. The molecule has 22 heavy (non-hydrogen) atoms. The predicted octanol–water partition coefficient (Wildman–Crippen LogP) is 0.0833. The second-order valence-electron chi connectivity index (χ2n) is 5.94. The Morgan fingerprint density at radius 2 is 1.82 bits per heavy atom. The first-order valence-electron chi connectivity index (χ1n) is 7.45. The van der Waals surface area contributed by atoms with Crippen molar-refractivity contribution in [3.05, 3.63) is 18.0 Å². The normalized spacial score (nSPS) is 20.7. The quantitative estimate of drug-likeness (QED) is 0.796. The summed E-state index contributed by atoms with van der Waals surface area (Å²) < 4.78 is 26.5. The van der Waals surface area contributed by atoms with Crippen LogP contribution in [0.4, 0.5) is 5.82 Å². The van der Waals surface area contributed by atoms with E-state index in [1.54, 1.807) is 0 Å². The molecule has 2 fully saturated rings. The highest BCUT2D eigenvalue weighted by Crippen LogP contribution is 2.38. The van der Waals surface area contributed by atoms with Crippen LogP contribution in [0.5, 0.6) is 0 Å². The Kier molecular flexibility index (Phi) is 3.08. The van der Waals surface area contributed by atoms with E-state index in [9.17, 15) is 8.42 Å².